The monoisotopic (exact) mass is 304 g/mol. The van der Waals surface area contributed by atoms with Gasteiger partial charge in [-0.25, -0.2) is 0 Å². The van der Waals surface area contributed by atoms with Gasteiger partial charge in [0.05, 0.1) is 5.69 Å². The standard InChI is InChI=1S/C14H13ClN4S/c1-20-14-9-13(15)17-19(18-14)16-12-8-4-6-10-5-2-3-7-11(10)12/h2-9,16-17H,1H3. The molecule has 1 aliphatic heterocycles. The smallest absolute Gasteiger partial charge is 0.126 e. The largest absolute Gasteiger partial charge is 0.262 e. The van der Waals surface area contributed by atoms with E-state index in [1.807, 2.05) is 30.5 Å². The van der Waals surface area contributed by atoms with Gasteiger partial charge in [-0.3, -0.25) is 10.9 Å². The van der Waals surface area contributed by atoms with Crippen molar-refractivity contribution in [3.63, 3.8) is 0 Å². The third kappa shape index (κ3) is 2.69. The molecular formula is C14H13ClN4S. The summed E-state index contributed by atoms with van der Waals surface area (Å²) in [5, 5.41) is 9.57. The number of thioether (sulfide) groups is 1. The fourth-order valence-electron chi connectivity index (χ4n) is 1.98. The Hall–Kier alpha value is -1.85. The molecule has 0 saturated carbocycles. The Morgan fingerprint density at radius 1 is 1.20 bits per heavy atom. The third-order valence-corrected chi connectivity index (χ3v) is 3.70. The van der Waals surface area contributed by atoms with Crippen LogP contribution in [0.2, 0.25) is 0 Å². The van der Waals surface area contributed by atoms with Gasteiger partial charge < -0.3 is 0 Å². The molecule has 0 atom stereocenters. The fourth-order valence-corrected chi connectivity index (χ4v) is 2.63. The summed E-state index contributed by atoms with van der Waals surface area (Å²) in [6.07, 6.45) is 3.74. The number of hydrogen-bond acceptors (Lipinski definition) is 5. The van der Waals surface area contributed by atoms with Crippen molar-refractivity contribution >= 4 is 44.9 Å². The van der Waals surface area contributed by atoms with E-state index in [1.54, 1.807) is 6.08 Å². The highest BCUT2D eigenvalue weighted by Gasteiger charge is 2.11. The molecule has 0 saturated heterocycles. The number of hydrazone groups is 1. The van der Waals surface area contributed by atoms with Gasteiger partial charge in [0.15, 0.2) is 0 Å². The molecule has 2 aromatic rings. The van der Waals surface area contributed by atoms with Crippen LogP contribution >= 0.6 is 23.4 Å². The van der Waals surface area contributed by atoms with Crippen LogP contribution in [-0.2, 0) is 0 Å². The lowest BCUT2D eigenvalue weighted by Gasteiger charge is -2.25. The van der Waals surface area contributed by atoms with Gasteiger partial charge in [0, 0.05) is 11.5 Å². The average Bonchev–Trinajstić information content (AvgIpc) is 2.47. The number of halogens is 1. The summed E-state index contributed by atoms with van der Waals surface area (Å²) < 4.78 is 0. The maximum absolute atomic E-state index is 6.04. The van der Waals surface area contributed by atoms with Crippen LogP contribution in [0.1, 0.15) is 0 Å². The van der Waals surface area contributed by atoms with Crippen molar-refractivity contribution in [2.24, 2.45) is 5.10 Å². The molecule has 0 aromatic heterocycles. The highest BCUT2D eigenvalue weighted by molar-refractivity contribution is 8.13. The molecular weight excluding hydrogens is 292 g/mol. The molecule has 2 aromatic carbocycles. The second kappa shape index (κ2) is 5.64. The summed E-state index contributed by atoms with van der Waals surface area (Å²) in [5.41, 5.74) is 7.12. The molecule has 20 heavy (non-hydrogen) atoms. The minimum absolute atomic E-state index is 0.525. The number of fused-ring (bicyclic) bond motifs is 1. The van der Waals surface area contributed by atoms with Gasteiger partial charge in [-0.05, 0) is 17.7 Å². The minimum atomic E-state index is 0.525. The van der Waals surface area contributed by atoms with E-state index in [-0.39, 0.29) is 0 Å². The van der Waals surface area contributed by atoms with Gasteiger partial charge in [-0.15, -0.1) is 22.1 Å². The number of benzene rings is 2. The van der Waals surface area contributed by atoms with Crippen LogP contribution in [-0.4, -0.2) is 16.5 Å². The second-order valence-corrected chi connectivity index (χ2v) is 5.43. The van der Waals surface area contributed by atoms with E-state index < -0.39 is 0 Å². The van der Waals surface area contributed by atoms with Crippen LogP contribution in [0.5, 0.6) is 0 Å². The molecule has 0 aliphatic carbocycles. The fraction of sp³-hybridized carbons (Fsp3) is 0.0714. The lowest BCUT2D eigenvalue weighted by molar-refractivity contribution is 0.281. The molecule has 1 heterocycles. The Balaban J connectivity index is 1.91. The van der Waals surface area contributed by atoms with E-state index in [0.29, 0.717) is 5.16 Å². The Labute approximate surface area is 126 Å². The first-order chi connectivity index (χ1) is 9.76. The van der Waals surface area contributed by atoms with Gasteiger partial charge in [-0.2, -0.15) is 0 Å². The maximum Gasteiger partial charge on any atom is 0.126 e. The summed E-state index contributed by atoms with van der Waals surface area (Å²) in [6.45, 7) is 0. The average molecular weight is 305 g/mol. The minimum Gasteiger partial charge on any atom is -0.262 e. The van der Waals surface area contributed by atoms with E-state index in [2.05, 4.69) is 34.2 Å². The molecule has 3 rings (SSSR count). The van der Waals surface area contributed by atoms with E-state index in [9.17, 15) is 0 Å². The quantitative estimate of drug-likeness (QED) is 0.829. The van der Waals surface area contributed by atoms with E-state index in [0.717, 1.165) is 16.1 Å². The first-order valence-electron chi connectivity index (χ1n) is 6.07. The Kier molecular flexibility index (Phi) is 3.71. The van der Waals surface area contributed by atoms with Crippen LogP contribution in [0.3, 0.4) is 0 Å². The van der Waals surface area contributed by atoms with Gasteiger partial charge in [0.2, 0.25) is 0 Å². The highest BCUT2D eigenvalue weighted by Crippen LogP contribution is 2.24. The van der Waals surface area contributed by atoms with Crippen molar-refractivity contribution < 1.29 is 0 Å². The molecule has 0 bridgehead atoms. The van der Waals surface area contributed by atoms with E-state index in [1.165, 1.54) is 22.4 Å². The number of hydrazine groups is 2. The number of nitrogens with one attached hydrogen (secondary N) is 2. The molecule has 1 aliphatic rings. The van der Waals surface area contributed by atoms with E-state index in [4.69, 9.17) is 11.6 Å². The molecule has 0 radical (unpaired) electrons. The van der Waals surface area contributed by atoms with Crippen molar-refractivity contribution in [3.8, 4) is 0 Å². The molecule has 6 heteroatoms. The summed E-state index contributed by atoms with van der Waals surface area (Å²) in [6, 6.07) is 14.3. The Morgan fingerprint density at radius 2 is 2.00 bits per heavy atom. The number of nitrogens with zero attached hydrogens (tertiary/aromatic N) is 2. The molecule has 2 N–H and O–H groups in total. The lowest BCUT2D eigenvalue weighted by atomic mass is 10.1. The van der Waals surface area contributed by atoms with Crippen LogP contribution in [0.4, 0.5) is 5.69 Å². The topological polar surface area (TPSA) is 39.7 Å². The zero-order valence-corrected chi connectivity index (χ0v) is 12.4. The van der Waals surface area contributed by atoms with Crippen LogP contribution in [0, 0.1) is 0 Å². The van der Waals surface area contributed by atoms with Crippen molar-refractivity contribution in [1.82, 2.24) is 10.7 Å². The van der Waals surface area contributed by atoms with Gasteiger partial charge in [0.1, 0.15) is 10.2 Å². The third-order valence-electron chi connectivity index (χ3n) is 2.89. The van der Waals surface area contributed by atoms with Gasteiger partial charge in [-0.1, -0.05) is 48.0 Å². The summed E-state index contributed by atoms with van der Waals surface area (Å²) in [5.74, 6) is 0. The predicted molar refractivity (Wildman–Crippen MR) is 87.4 cm³/mol. The lowest BCUT2D eigenvalue weighted by Crippen LogP contribution is -2.39. The van der Waals surface area contributed by atoms with Crippen LogP contribution < -0.4 is 10.9 Å². The highest BCUT2D eigenvalue weighted by atomic mass is 35.5. The number of rotatable bonds is 2. The summed E-state index contributed by atoms with van der Waals surface area (Å²) in [4.78, 5) is 0. The first-order valence-corrected chi connectivity index (χ1v) is 7.67. The van der Waals surface area contributed by atoms with Crippen molar-refractivity contribution in [2.75, 3.05) is 11.7 Å². The van der Waals surface area contributed by atoms with Crippen molar-refractivity contribution in [3.05, 3.63) is 53.7 Å². The van der Waals surface area contributed by atoms with Crippen LogP contribution in [0.25, 0.3) is 10.8 Å². The molecule has 0 unspecified atom stereocenters. The molecule has 102 valence electrons. The summed E-state index contributed by atoms with van der Waals surface area (Å²) >= 11 is 7.58. The molecule has 0 spiro atoms. The Bertz CT molecular complexity index is 693. The SMILES string of the molecule is CSC1=NN(Nc2cccc3ccccc23)NC(Cl)=C1. The van der Waals surface area contributed by atoms with Gasteiger partial charge in [0.25, 0.3) is 0 Å². The predicted octanol–water partition coefficient (Wildman–Crippen LogP) is 3.74. The zero-order chi connectivity index (χ0) is 13.9. The zero-order valence-electron chi connectivity index (χ0n) is 10.8. The molecule has 4 nitrogen and oxygen atoms in total. The Morgan fingerprint density at radius 3 is 2.85 bits per heavy atom. The second-order valence-electron chi connectivity index (χ2n) is 4.20. The maximum atomic E-state index is 6.04. The number of anilines is 1. The normalized spacial score (nSPS) is 14.6. The van der Waals surface area contributed by atoms with Crippen LogP contribution in [0.15, 0.2) is 58.8 Å². The molecule has 0 amide bonds. The summed E-state index contributed by atoms with van der Waals surface area (Å²) in [7, 11) is 0. The van der Waals surface area contributed by atoms with Crippen molar-refractivity contribution in [2.45, 2.75) is 0 Å². The van der Waals surface area contributed by atoms with E-state index >= 15 is 0 Å². The first kappa shape index (κ1) is 13.1. The van der Waals surface area contributed by atoms with Gasteiger partial charge >= 0.3 is 0 Å². The molecule has 0 fully saturated rings. The number of hydrogen-bond donors (Lipinski definition) is 2. The van der Waals surface area contributed by atoms with Crippen molar-refractivity contribution in [1.29, 1.82) is 0 Å².